The van der Waals surface area contributed by atoms with Crippen LogP contribution in [0.15, 0.2) is 109 Å². The van der Waals surface area contributed by atoms with Gasteiger partial charge in [-0.1, -0.05) is 278 Å². The fourth-order valence-electron chi connectivity index (χ4n) is 10.2. The maximum Gasteiger partial charge on any atom is 0.306 e. The van der Waals surface area contributed by atoms with Gasteiger partial charge in [-0.2, -0.15) is 0 Å². The topological polar surface area (TPSA) is 175 Å². The lowest BCUT2D eigenvalue weighted by molar-refractivity contribution is -0.305. The predicted octanol–water partition coefficient (Wildman–Crippen LogP) is 17.6. The average molecular weight is 1190 g/mol. The smallest absolute Gasteiger partial charge is 0.306 e. The fourth-order valence-corrected chi connectivity index (χ4v) is 10.2. The van der Waals surface area contributed by atoms with Crippen molar-refractivity contribution in [2.24, 2.45) is 0 Å². The van der Waals surface area contributed by atoms with E-state index in [2.05, 4.69) is 123 Å². The van der Waals surface area contributed by atoms with Gasteiger partial charge in [-0.3, -0.25) is 9.59 Å². The number of hydrogen-bond donors (Lipinski definition) is 6. The monoisotopic (exact) mass is 1190 g/mol. The van der Waals surface area contributed by atoms with Crippen LogP contribution in [0.25, 0.3) is 0 Å². The van der Waals surface area contributed by atoms with Gasteiger partial charge in [0.25, 0.3) is 0 Å². The van der Waals surface area contributed by atoms with Crippen molar-refractivity contribution in [1.29, 1.82) is 0 Å². The number of hydrogen-bond acceptors (Lipinski definition) is 10. The van der Waals surface area contributed by atoms with Gasteiger partial charge in [0.05, 0.1) is 25.4 Å². The van der Waals surface area contributed by atoms with Crippen LogP contribution < -0.4 is 5.32 Å². The van der Waals surface area contributed by atoms with E-state index < -0.39 is 67.4 Å². The Morgan fingerprint density at radius 2 is 0.847 bits per heavy atom. The van der Waals surface area contributed by atoms with Gasteiger partial charge in [-0.25, -0.2) is 0 Å². The van der Waals surface area contributed by atoms with Crippen LogP contribution >= 0.6 is 0 Å². The van der Waals surface area contributed by atoms with Gasteiger partial charge in [0.15, 0.2) is 12.4 Å². The van der Waals surface area contributed by atoms with E-state index in [0.717, 1.165) is 135 Å². The molecule has 0 saturated carbocycles. The summed E-state index contributed by atoms with van der Waals surface area (Å²) in [4.78, 5) is 26.7. The first-order valence-corrected chi connectivity index (χ1v) is 34.7. The second-order valence-electron chi connectivity index (χ2n) is 23.5. The zero-order valence-corrected chi connectivity index (χ0v) is 54.2. The second kappa shape index (κ2) is 60.6. The molecular formula is C74H127NO10. The highest BCUT2D eigenvalue weighted by Crippen LogP contribution is 2.26. The SMILES string of the molecule is CC/C=C\C/C=C\C/C=C\C/C=C\C/C=C\CCCCCCCCCCC(O)C(=O)NC(COC1OC(CO)C(O)C(O)C1OC(=O)CCCCCCCCCC/C=C\C/C=C\C/C=C\CCCCC)C(O)/C=C/CCCCCCCCCCC. The molecule has 0 aromatic rings. The van der Waals surface area contributed by atoms with Crippen LogP contribution in [0.5, 0.6) is 0 Å². The van der Waals surface area contributed by atoms with E-state index in [1.807, 2.05) is 6.08 Å². The molecule has 0 aromatic carbocycles. The molecule has 1 heterocycles. The number of amides is 1. The Morgan fingerprint density at radius 1 is 0.471 bits per heavy atom. The van der Waals surface area contributed by atoms with Crippen LogP contribution in [0.4, 0.5) is 0 Å². The molecule has 0 spiro atoms. The predicted molar refractivity (Wildman–Crippen MR) is 356 cm³/mol. The van der Waals surface area contributed by atoms with E-state index in [1.54, 1.807) is 6.08 Å². The van der Waals surface area contributed by atoms with Crippen molar-refractivity contribution in [1.82, 2.24) is 5.32 Å². The first kappa shape index (κ1) is 79.3. The largest absolute Gasteiger partial charge is 0.454 e. The third kappa shape index (κ3) is 48.0. The molecule has 0 bridgehead atoms. The summed E-state index contributed by atoms with van der Waals surface area (Å²) in [6, 6.07) is -1.04. The highest BCUT2D eigenvalue weighted by molar-refractivity contribution is 5.80. The number of carbonyl (C=O) groups is 2. The molecule has 8 unspecified atom stereocenters. The average Bonchev–Trinajstić information content (AvgIpc) is 3.69. The number of rotatable bonds is 58. The summed E-state index contributed by atoms with van der Waals surface area (Å²) in [7, 11) is 0. The number of nitrogens with one attached hydrogen (secondary N) is 1. The standard InChI is InChI=1S/C74H127NO10/c1-4-7-10-13-16-19-22-24-26-28-30-32-33-34-36-37-39-41-43-46-49-52-55-58-61-67(78)73(82)75-65(66(77)60-57-54-51-48-45-21-18-15-12-9-6-3)64-83-74-72(71(81)70(80)68(63-76)84-74)85-69(79)62-59-56-53-50-47-44-42-40-38-35-31-29-27-25-23-20-17-14-11-8-5-2/h7,10,16-17,19-20,24-27,30-32,34-36,57,60,65-68,70-72,74,76-78,80-81H,4-6,8-9,11-15,18,21-23,28-29,33,37-56,58-59,61-64H2,1-3H3,(H,75,82)/b10-7-,19-16-,20-17-,26-24-,27-25-,32-30-,35-31-,36-34-,60-57+. The van der Waals surface area contributed by atoms with Crippen molar-refractivity contribution >= 4 is 11.9 Å². The Bertz CT molecular complexity index is 1800. The van der Waals surface area contributed by atoms with Crippen LogP contribution in [-0.2, 0) is 23.8 Å². The van der Waals surface area contributed by atoms with E-state index in [4.69, 9.17) is 14.2 Å². The van der Waals surface area contributed by atoms with Crippen LogP contribution in [0.1, 0.15) is 284 Å². The molecule has 0 radical (unpaired) electrons. The minimum atomic E-state index is -1.62. The minimum Gasteiger partial charge on any atom is -0.454 e. The fraction of sp³-hybridized carbons (Fsp3) is 0.730. The Hall–Kier alpha value is -3.68. The van der Waals surface area contributed by atoms with Crippen molar-refractivity contribution in [2.75, 3.05) is 13.2 Å². The van der Waals surface area contributed by atoms with Gasteiger partial charge in [-0.05, 0) is 109 Å². The molecule has 1 aliphatic heterocycles. The summed E-state index contributed by atoms with van der Waals surface area (Å²) in [5, 5.41) is 57.2. The summed E-state index contributed by atoms with van der Waals surface area (Å²) < 4.78 is 17.7. The molecule has 488 valence electrons. The summed E-state index contributed by atoms with van der Waals surface area (Å²) in [5.41, 5.74) is 0. The molecule has 6 N–H and O–H groups in total. The Morgan fingerprint density at radius 3 is 1.29 bits per heavy atom. The molecule has 85 heavy (non-hydrogen) atoms. The quantitative estimate of drug-likeness (QED) is 0.0195. The molecule has 1 fully saturated rings. The molecule has 1 amide bonds. The first-order valence-electron chi connectivity index (χ1n) is 34.7. The first-order chi connectivity index (χ1) is 41.7. The third-order valence-electron chi connectivity index (χ3n) is 15.7. The van der Waals surface area contributed by atoms with Crippen molar-refractivity contribution in [3.8, 4) is 0 Å². The molecule has 11 heteroatoms. The summed E-state index contributed by atoms with van der Waals surface area (Å²) in [5.74, 6) is -1.21. The molecule has 8 atom stereocenters. The minimum absolute atomic E-state index is 0.110. The number of carbonyl (C=O) groups excluding carboxylic acids is 2. The maximum atomic E-state index is 13.5. The lowest BCUT2D eigenvalue weighted by Crippen LogP contribution is -2.61. The van der Waals surface area contributed by atoms with Crippen molar-refractivity contribution in [2.45, 2.75) is 333 Å². The third-order valence-corrected chi connectivity index (χ3v) is 15.7. The zero-order chi connectivity index (χ0) is 61.7. The van der Waals surface area contributed by atoms with Gasteiger partial charge in [-0.15, -0.1) is 0 Å². The molecule has 1 saturated heterocycles. The number of allylic oxidation sites excluding steroid dienone is 17. The number of aliphatic hydroxyl groups is 5. The van der Waals surface area contributed by atoms with Gasteiger partial charge in [0.1, 0.15) is 24.4 Å². The van der Waals surface area contributed by atoms with E-state index in [9.17, 15) is 35.1 Å². The Kier molecular flexibility index (Phi) is 56.6. The molecule has 11 nitrogen and oxygen atoms in total. The zero-order valence-electron chi connectivity index (χ0n) is 54.2. The van der Waals surface area contributed by atoms with Crippen LogP contribution in [0.3, 0.4) is 0 Å². The van der Waals surface area contributed by atoms with E-state index in [-0.39, 0.29) is 19.4 Å². The van der Waals surface area contributed by atoms with Gasteiger partial charge in [0.2, 0.25) is 5.91 Å². The Balaban J connectivity index is 2.59. The van der Waals surface area contributed by atoms with E-state index in [0.29, 0.717) is 12.8 Å². The molecule has 0 aliphatic carbocycles. The highest BCUT2D eigenvalue weighted by Gasteiger charge is 2.47. The number of unbranched alkanes of at least 4 members (excludes halogenated alkanes) is 28. The van der Waals surface area contributed by atoms with Gasteiger partial charge in [0, 0.05) is 6.42 Å². The van der Waals surface area contributed by atoms with Crippen molar-refractivity contribution in [3.63, 3.8) is 0 Å². The Labute approximate surface area is 519 Å². The normalized spacial score (nSPS) is 19.1. The lowest BCUT2D eigenvalue weighted by Gasteiger charge is -2.41. The van der Waals surface area contributed by atoms with Gasteiger partial charge >= 0.3 is 5.97 Å². The highest BCUT2D eigenvalue weighted by atomic mass is 16.7. The molecular weight excluding hydrogens is 1060 g/mol. The van der Waals surface area contributed by atoms with Crippen LogP contribution in [0.2, 0.25) is 0 Å². The van der Waals surface area contributed by atoms with Crippen LogP contribution in [-0.4, -0.2) is 99.6 Å². The summed E-state index contributed by atoms with van der Waals surface area (Å²) in [6.45, 7) is 5.65. The maximum absolute atomic E-state index is 13.5. The van der Waals surface area contributed by atoms with Crippen LogP contribution in [0, 0.1) is 0 Å². The van der Waals surface area contributed by atoms with E-state index >= 15 is 0 Å². The molecule has 1 rings (SSSR count). The number of aliphatic hydroxyl groups excluding tert-OH is 5. The number of esters is 1. The lowest BCUT2D eigenvalue weighted by atomic mass is 9.99. The number of ether oxygens (including phenoxy) is 3. The summed E-state index contributed by atoms with van der Waals surface area (Å²) in [6.07, 6.45) is 72.6. The molecule has 0 aromatic heterocycles. The second-order valence-corrected chi connectivity index (χ2v) is 23.5. The van der Waals surface area contributed by atoms with Crippen molar-refractivity contribution < 1.29 is 49.3 Å². The van der Waals surface area contributed by atoms with Gasteiger partial charge < -0.3 is 45.1 Å². The molecule has 1 aliphatic rings. The van der Waals surface area contributed by atoms with Crippen molar-refractivity contribution in [3.05, 3.63) is 109 Å². The summed E-state index contributed by atoms with van der Waals surface area (Å²) >= 11 is 0. The van der Waals surface area contributed by atoms with E-state index in [1.165, 1.54) is 103 Å².